The Labute approximate surface area is 243 Å². The van der Waals surface area contributed by atoms with Gasteiger partial charge in [-0.25, -0.2) is 0 Å². The first kappa shape index (κ1) is 27.0. The van der Waals surface area contributed by atoms with Crippen LogP contribution in [0.15, 0.2) is 103 Å². The summed E-state index contributed by atoms with van der Waals surface area (Å²) in [5, 5.41) is 11.5. The molecule has 0 radical (unpaired) electrons. The third-order valence-corrected chi connectivity index (χ3v) is 7.29. The van der Waals surface area contributed by atoms with Crippen LogP contribution in [0, 0.1) is 0 Å². The molecular weight excluding hydrogens is 534 g/mol. The molecule has 2 heterocycles. The van der Waals surface area contributed by atoms with E-state index in [2.05, 4.69) is 0 Å². The van der Waals surface area contributed by atoms with Crippen molar-refractivity contribution in [3.05, 3.63) is 125 Å². The second-order valence-electron chi connectivity index (χ2n) is 9.96. The molecule has 6 rings (SSSR count). The Morgan fingerprint density at radius 3 is 2.24 bits per heavy atom. The Morgan fingerprint density at radius 2 is 1.52 bits per heavy atom. The van der Waals surface area contributed by atoms with Crippen LogP contribution in [0.3, 0.4) is 0 Å². The standard InChI is InChI=1S/C34H29NO7/c1-39-28-18-24(12-14-26(28)42-21-23-10-6-3-7-11-23)31-30(32(36)25-13-15-27-29(19-25)41-17-16-40-27)33(37)34(38)35(31)20-22-8-4-2-5-9-22/h2-15,18-19,31,36H,16-17,20-21H2,1H3/b32-30+/t31-/m1/s1. The number of amides is 1. The topological polar surface area (TPSA) is 94.5 Å². The third kappa shape index (κ3) is 5.26. The van der Waals surface area contributed by atoms with Crippen molar-refractivity contribution < 1.29 is 33.6 Å². The van der Waals surface area contributed by atoms with Gasteiger partial charge >= 0.3 is 0 Å². The quantitative estimate of drug-likeness (QED) is 0.168. The Kier molecular flexibility index (Phi) is 7.51. The number of benzene rings is 4. The molecule has 1 atom stereocenters. The lowest BCUT2D eigenvalue weighted by atomic mass is 9.94. The molecule has 1 amide bonds. The minimum atomic E-state index is -0.879. The molecule has 0 unspecified atom stereocenters. The summed E-state index contributed by atoms with van der Waals surface area (Å²) in [4.78, 5) is 28.5. The fourth-order valence-corrected chi connectivity index (χ4v) is 5.22. The molecule has 212 valence electrons. The van der Waals surface area contributed by atoms with Crippen molar-refractivity contribution >= 4 is 17.4 Å². The molecule has 42 heavy (non-hydrogen) atoms. The molecule has 2 aliphatic rings. The number of likely N-dealkylation sites (tertiary alicyclic amines) is 1. The lowest BCUT2D eigenvalue weighted by Gasteiger charge is -2.26. The van der Waals surface area contributed by atoms with E-state index in [1.54, 1.807) is 36.4 Å². The molecule has 8 heteroatoms. The summed E-state index contributed by atoms with van der Waals surface area (Å²) in [6.07, 6.45) is 0. The van der Waals surface area contributed by atoms with Crippen LogP contribution in [-0.4, -0.2) is 42.0 Å². The van der Waals surface area contributed by atoms with Gasteiger partial charge in [0.05, 0.1) is 18.7 Å². The van der Waals surface area contributed by atoms with Crippen LogP contribution in [0.1, 0.15) is 28.3 Å². The molecule has 2 aliphatic heterocycles. The molecule has 4 aromatic rings. The number of nitrogens with zero attached hydrogens (tertiary/aromatic N) is 1. The predicted octanol–water partition coefficient (Wildman–Crippen LogP) is 5.67. The number of aliphatic hydroxyl groups excluding tert-OH is 1. The Morgan fingerprint density at radius 1 is 0.833 bits per heavy atom. The van der Waals surface area contributed by atoms with E-state index < -0.39 is 17.7 Å². The van der Waals surface area contributed by atoms with Gasteiger partial charge < -0.3 is 29.0 Å². The van der Waals surface area contributed by atoms with E-state index in [0.29, 0.717) is 53.9 Å². The fraction of sp³-hybridized carbons (Fsp3) is 0.176. The van der Waals surface area contributed by atoms with E-state index in [-0.39, 0.29) is 17.9 Å². The number of ether oxygens (including phenoxy) is 4. The highest BCUT2D eigenvalue weighted by Gasteiger charge is 2.46. The van der Waals surface area contributed by atoms with Crippen LogP contribution in [0.25, 0.3) is 5.76 Å². The molecule has 8 nitrogen and oxygen atoms in total. The number of aliphatic hydroxyl groups is 1. The van der Waals surface area contributed by atoms with Crippen molar-refractivity contribution in [2.24, 2.45) is 0 Å². The lowest BCUT2D eigenvalue weighted by molar-refractivity contribution is -0.140. The van der Waals surface area contributed by atoms with E-state index in [0.717, 1.165) is 11.1 Å². The van der Waals surface area contributed by atoms with Crippen LogP contribution >= 0.6 is 0 Å². The van der Waals surface area contributed by atoms with Gasteiger partial charge in [0.25, 0.3) is 11.7 Å². The molecule has 0 aromatic heterocycles. The average molecular weight is 564 g/mol. The van der Waals surface area contributed by atoms with Gasteiger partial charge in [0, 0.05) is 12.1 Å². The molecule has 4 aromatic carbocycles. The smallest absolute Gasteiger partial charge is 0.295 e. The maximum atomic E-state index is 13.6. The zero-order valence-electron chi connectivity index (χ0n) is 23.0. The number of carbonyl (C=O) groups is 2. The second kappa shape index (κ2) is 11.7. The van der Waals surface area contributed by atoms with Crippen molar-refractivity contribution in [2.45, 2.75) is 19.2 Å². The van der Waals surface area contributed by atoms with Crippen molar-refractivity contribution in [3.8, 4) is 23.0 Å². The molecule has 0 saturated carbocycles. The fourth-order valence-electron chi connectivity index (χ4n) is 5.22. The van der Waals surface area contributed by atoms with Gasteiger partial charge in [0.15, 0.2) is 23.0 Å². The molecule has 1 fully saturated rings. The van der Waals surface area contributed by atoms with Crippen LogP contribution in [0.2, 0.25) is 0 Å². The van der Waals surface area contributed by atoms with Gasteiger partial charge in [0.2, 0.25) is 0 Å². The van der Waals surface area contributed by atoms with E-state index >= 15 is 0 Å². The van der Waals surface area contributed by atoms with Crippen molar-refractivity contribution in [1.82, 2.24) is 4.90 Å². The molecule has 1 saturated heterocycles. The van der Waals surface area contributed by atoms with Crippen LogP contribution in [-0.2, 0) is 22.7 Å². The Bertz CT molecular complexity index is 1650. The van der Waals surface area contributed by atoms with E-state index in [1.165, 1.54) is 12.0 Å². The maximum Gasteiger partial charge on any atom is 0.295 e. The average Bonchev–Trinajstić information content (AvgIpc) is 3.29. The number of rotatable bonds is 8. The summed E-state index contributed by atoms with van der Waals surface area (Å²) in [6.45, 7) is 1.31. The van der Waals surface area contributed by atoms with Gasteiger partial charge in [-0.2, -0.15) is 0 Å². The normalized spacial score (nSPS) is 17.3. The number of Topliss-reactive ketones (excluding diaryl/α,β-unsaturated/α-hetero) is 1. The minimum absolute atomic E-state index is 0.0207. The summed E-state index contributed by atoms with van der Waals surface area (Å²) in [7, 11) is 1.53. The zero-order chi connectivity index (χ0) is 29.1. The van der Waals surface area contributed by atoms with E-state index in [4.69, 9.17) is 18.9 Å². The van der Waals surface area contributed by atoms with E-state index in [9.17, 15) is 14.7 Å². The first-order valence-corrected chi connectivity index (χ1v) is 13.6. The number of ketones is 1. The predicted molar refractivity (Wildman–Crippen MR) is 155 cm³/mol. The van der Waals surface area contributed by atoms with Gasteiger partial charge in [-0.05, 0) is 47.0 Å². The molecule has 0 aliphatic carbocycles. The van der Waals surface area contributed by atoms with E-state index in [1.807, 2.05) is 60.7 Å². The highest BCUT2D eigenvalue weighted by molar-refractivity contribution is 6.46. The van der Waals surface area contributed by atoms with Gasteiger partial charge in [-0.1, -0.05) is 66.7 Å². The number of carbonyl (C=O) groups excluding carboxylic acids is 2. The second-order valence-corrected chi connectivity index (χ2v) is 9.96. The molecule has 1 N–H and O–H groups in total. The first-order chi connectivity index (χ1) is 20.5. The highest BCUT2D eigenvalue weighted by Crippen LogP contribution is 2.43. The van der Waals surface area contributed by atoms with Crippen molar-refractivity contribution in [1.29, 1.82) is 0 Å². The molecule has 0 spiro atoms. The summed E-state index contributed by atoms with van der Waals surface area (Å²) in [6, 6.07) is 28.5. The van der Waals surface area contributed by atoms with Crippen molar-refractivity contribution in [3.63, 3.8) is 0 Å². The Hall–Kier alpha value is -5.24. The molecular formula is C34H29NO7. The van der Waals surface area contributed by atoms with Crippen LogP contribution in [0.5, 0.6) is 23.0 Å². The largest absolute Gasteiger partial charge is 0.507 e. The monoisotopic (exact) mass is 563 g/mol. The minimum Gasteiger partial charge on any atom is -0.507 e. The van der Waals surface area contributed by atoms with Crippen molar-refractivity contribution in [2.75, 3.05) is 20.3 Å². The van der Waals surface area contributed by atoms with Gasteiger partial charge in [-0.3, -0.25) is 9.59 Å². The van der Waals surface area contributed by atoms with Crippen LogP contribution < -0.4 is 18.9 Å². The summed E-state index contributed by atoms with van der Waals surface area (Å²) in [5.74, 6) is 0.189. The SMILES string of the molecule is COc1cc([C@@H]2/C(=C(\O)c3ccc4c(c3)OCCO4)C(=O)C(=O)N2Cc2ccccc2)ccc1OCc1ccccc1. The third-order valence-electron chi connectivity index (χ3n) is 7.29. The first-order valence-electron chi connectivity index (χ1n) is 13.6. The van der Waals surface area contributed by atoms with Gasteiger partial charge in [0.1, 0.15) is 25.6 Å². The summed E-state index contributed by atoms with van der Waals surface area (Å²) >= 11 is 0. The lowest BCUT2D eigenvalue weighted by Crippen LogP contribution is -2.29. The summed E-state index contributed by atoms with van der Waals surface area (Å²) in [5.41, 5.74) is 2.76. The maximum absolute atomic E-state index is 13.6. The Balaban J connectivity index is 1.42. The summed E-state index contributed by atoms with van der Waals surface area (Å²) < 4.78 is 23.0. The van der Waals surface area contributed by atoms with Crippen LogP contribution in [0.4, 0.5) is 0 Å². The number of methoxy groups -OCH3 is 1. The highest BCUT2D eigenvalue weighted by atomic mass is 16.6. The number of fused-ring (bicyclic) bond motifs is 1. The zero-order valence-corrected chi connectivity index (χ0v) is 23.0. The molecule has 0 bridgehead atoms. The van der Waals surface area contributed by atoms with Gasteiger partial charge in [-0.15, -0.1) is 0 Å². The number of hydrogen-bond donors (Lipinski definition) is 1. The number of hydrogen-bond acceptors (Lipinski definition) is 7.